The number of nitrogens with one attached hydrogen (secondary N) is 1. The van der Waals surface area contributed by atoms with Gasteiger partial charge in [-0.05, 0) is 36.5 Å². The van der Waals surface area contributed by atoms with Gasteiger partial charge in [0.2, 0.25) is 5.91 Å². The molecule has 1 saturated heterocycles. The molecule has 1 aliphatic heterocycles. The SMILES string of the molecule is O=C1NC(=S)N(c2ccccc2)C(=O)[C@@H]1C=Nc1ccccc1O. The highest BCUT2D eigenvalue weighted by molar-refractivity contribution is 7.80. The third kappa shape index (κ3) is 3.02. The number of nitrogens with zero attached hydrogens (tertiary/aromatic N) is 2. The maximum Gasteiger partial charge on any atom is 0.251 e. The fourth-order valence-electron chi connectivity index (χ4n) is 2.27. The number of benzene rings is 2. The average molecular weight is 339 g/mol. The van der Waals surface area contributed by atoms with E-state index in [9.17, 15) is 14.7 Å². The minimum Gasteiger partial charge on any atom is -0.506 e. The molecule has 0 radical (unpaired) electrons. The van der Waals surface area contributed by atoms with Crippen molar-refractivity contribution in [1.29, 1.82) is 0 Å². The lowest BCUT2D eigenvalue weighted by Crippen LogP contribution is -2.58. The van der Waals surface area contributed by atoms with E-state index >= 15 is 0 Å². The summed E-state index contributed by atoms with van der Waals surface area (Å²) in [5.41, 5.74) is 0.839. The molecule has 0 aliphatic carbocycles. The highest BCUT2D eigenvalue weighted by atomic mass is 32.1. The van der Waals surface area contributed by atoms with Gasteiger partial charge in [0.1, 0.15) is 11.4 Å². The van der Waals surface area contributed by atoms with Crippen LogP contribution in [0.15, 0.2) is 59.6 Å². The van der Waals surface area contributed by atoms with Crippen LogP contribution in [0.4, 0.5) is 11.4 Å². The van der Waals surface area contributed by atoms with E-state index in [0.29, 0.717) is 5.69 Å². The van der Waals surface area contributed by atoms with Crippen molar-refractivity contribution < 1.29 is 14.7 Å². The van der Waals surface area contributed by atoms with Gasteiger partial charge in [0.25, 0.3) is 5.91 Å². The Balaban J connectivity index is 1.90. The second-order valence-electron chi connectivity index (χ2n) is 5.05. The molecule has 7 heteroatoms. The summed E-state index contributed by atoms with van der Waals surface area (Å²) in [6.07, 6.45) is 1.21. The Morgan fingerprint density at radius 3 is 2.46 bits per heavy atom. The van der Waals surface area contributed by atoms with Crippen LogP contribution in [-0.4, -0.2) is 28.2 Å². The topological polar surface area (TPSA) is 82.0 Å². The molecule has 1 atom stereocenters. The number of phenolic OH excluding ortho intramolecular Hbond substituents is 1. The second kappa shape index (κ2) is 6.59. The van der Waals surface area contributed by atoms with Crippen molar-refractivity contribution in [3.63, 3.8) is 0 Å². The normalized spacial score (nSPS) is 18.1. The Labute approximate surface area is 143 Å². The van der Waals surface area contributed by atoms with Crippen LogP contribution in [0.3, 0.4) is 0 Å². The smallest absolute Gasteiger partial charge is 0.251 e. The minimum atomic E-state index is -1.13. The number of aliphatic imine (C=N–C) groups is 1. The van der Waals surface area contributed by atoms with E-state index in [1.165, 1.54) is 17.2 Å². The Morgan fingerprint density at radius 2 is 1.75 bits per heavy atom. The highest BCUT2D eigenvalue weighted by Gasteiger charge is 2.38. The van der Waals surface area contributed by atoms with E-state index in [0.717, 1.165) is 0 Å². The molecular weight excluding hydrogens is 326 g/mol. The molecule has 0 saturated carbocycles. The summed E-state index contributed by atoms with van der Waals surface area (Å²) in [5, 5.41) is 12.2. The summed E-state index contributed by atoms with van der Waals surface area (Å²) in [6, 6.07) is 15.2. The lowest BCUT2D eigenvalue weighted by atomic mass is 10.1. The molecule has 2 N–H and O–H groups in total. The zero-order valence-corrected chi connectivity index (χ0v) is 13.2. The first-order valence-corrected chi connectivity index (χ1v) is 7.55. The number of aromatic hydroxyl groups is 1. The van der Waals surface area contributed by atoms with Crippen LogP contribution < -0.4 is 10.2 Å². The second-order valence-corrected chi connectivity index (χ2v) is 5.43. The van der Waals surface area contributed by atoms with Gasteiger partial charge in [-0.25, -0.2) is 0 Å². The molecule has 0 bridgehead atoms. The summed E-state index contributed by atoms with van der Waals surface area (Å²) >= 11 is 5.10. The quantitative estimate of drug-likeness (QED) is 0.510. The monoisotopic (exact) mass is 339 g/mol. The molecule has 1 heterocycles. The van der Waals surface area contributed by atoms with E-state index in [4.69, 9.17) is 12.2 Å². The van der Waals surface area contributed by atoms with Gasteiger partial charge in [0, 0.05) is 6.21 Å². The average Bonchev–Trinajstić information content (AvgIpc) is 2.57. The number of hydrogen-bond acceptors (Lipinski definition) is 5. The number of amides is 2. The Hall–Kier alpha value is -3.06. The van der Waals surface area contributed by atoms with Crippen molar-refractivity contribution in [2.75, 3.05) is 4.90 Å². The molecule has 1 aliphatic rings. The van der Waals surface area contributed by atoms with Crippen molar-refractivity contribution in [3.05, 3.63) is 54.6 Å². The first-order chi connectivity index (χ1) is 11.6. The molecule has 1 fully saturated rings. The van der Waals surface area contributed by atoms with Crippen molar-refractivity contribution in [3.8, 4) is 5.75 Å². The number of carbonyl (C=O) groups excluding carboxylic acids is 2. The first kappa shape index (κ1) is 15.8. The van der Waals surface area contributed by atoms with Crippen molar-refractivity contribution in [1.82, 2.24) is 5.32 Å². The number of rotatable bonds is 3. The molecule has 2 aromatic rings. The van der Waals surface area contributed by atoms with Gasteiger partial charge in [0.15, 0.2) is 11.0 Å². The van der Waals surface area contributed by atoms with Crippen LogP contribution in [0.1, 0.15) is 0 Å². The number of thiocarbonyl (C=S) groups is 1. The Bertz CT molecular complexity index is 836. The van der Waals surface area contributed by atoms with E-state index in [1.54, 1.807) is 42.5 Å². The molecule has 24 heavy (non-hydrogen) atoms. The fraction of sp³-hybridized carbons (Fsp3) is 0.0588. The van der Waals surface area contributed by atoms with Gasteiger partial charge in [-0.3, -0.25) is 19.5 Å². The summed E-state index contributed by atoms with van der Waals surface area (Å²) < 4.78 is 0. The zero-order chi connectivity index (χ0) is 17.1. The van der Waals surface area contributed by atoms with Crippen LogP contribution in [0.5, 0.6) is 5.75 Å². The molecule has 6 nitrogen and oxygen atoms in total. The molecule has 120 valence electrons. The molecule has 3 rings (SSSR count). The van der Waals surface area contributed by atoms with Crippen molar-refractivity contribution >= 4 is 46.7 Å². The van der Waals surface area contributed by atoms with Gasteiger partial charge in [0.05, 0.1) is 5.69 Å². The van der Waals surface area contributed by atoms with Gasteiger partial charge in [-0.1, -0.05) is 30.3 Å². The summed E-state index contributed by atoms with van der Waals surface area (Å²) in [7, 11) is 0. The van der Waals surface area contributed by atoms with Gasteiger partial charge < -0.3 is 10.4 Å². The Morgan fingerprint density at radius 1 is 1.08 bits per heavy atom. The number of hydrogen-bond donors (Lipinski definition) is 2. The number of phenols is 1. The van der Waals surface area contributed by atoms with Crippen LogP contribution >= 0.6 is 12.2 Å². The molecule has 2 amide bonds. The molecule has 0 aromatic heterocycles. The van der Waals surface area contributed by atoms with Crippen molar-refractivity contribution in [2.24, 2.45) is 10.9 Å². The van der Waals surface area contributed by atoms with Gasteiger partial charge >= 0.3 is 0 Å². The van der Waals surface area contributed by atoms with E-state index in [1.807, 2.05) is 6.07 Å². The summed E-state index contributed by atoms with van der Waals surface area (Å²) in [5.74, 6) is -2.20. The lowest BCUT2D eigenvalue weighted by Gasteiger charge is -2.30. The maximum absolute atomic E-state index is 12.7. The third-order valence-electron chi connectivity index (χ3n) is 3.46. The minimum absolute atomic E-state index is 0.0309. The molecule has 0 unspecified atom stereocenters. The third-order valence-corrected chi connectivity index (χ3v) is 3.75. The van der Waals surface area contributed by atoms with Crippen LogP contribution in [0, 0.1) is 5.92 Å². The maximum atomic E-state index is 12.7. The lowest BCUT2D eigenvalue weighted by molar-refractivity contribution is -0.130. The van der Waals surface area contributed by atoms with E-state index in [2.05, 4.69) is 10.3 Å². The molecule has 0 spiro atoms. The number of carbonyl (C=O) groups is 2. The van der Waals surface area contributed by atoms with E-state index in [-0.39, 0.29) is 16.5 Å². The summed E-state index contributed by atoms with van der Waals surface area (Å²) in [6.45, 7) is 0. The first-order valence-electron chi connectivity index (χ1n) is 7.14. The summed E-state index contributed by atoms with van der Waals surface area (Å²) in [4.78, 5) is 30.1. The standard InChI is InChI=1S/C17H13N3O3S/c21-14-9-5-4-8-13(14)18-10-12-15(22)19-17(24)20(16(12)23)11-6-2-1-3-7-11/h1-10,12,21H,(H,19,22,24)/t12-/m1/s1. The van der Waals surface area contributed by atoms with Crippen LogP contribution in [0.25, 0.3) is 0 Å². The predicted molar refractivity (Wildman–Crippen MR) is 94.4 cm³/mol. The Kier molecular flexibility index (Phi) is 4.35. The largest absolute Gasteiger partial charge is 0.506 e. The van der Waals surface area contributed by atoms with Gasteiger partial charge in [-0.15, -0.1) is 0 Å². The van der Waals surface area contributed by atoms with E-state index < -0.39 is 17.7 Å². The van der Waals surface area contributed by atoms with Gasteiger partial charge in [-0.2, -0.15) is 0 Å². The molecule has 2 aromatic carbocycles. The number of anilines is 1. The molecular formula is C17H13N3O3S. The fourth-order valence-corrected chi connectivity index (χ4v) is 2.57. The predicted octanol–water partition coefficient (Wildman–Crippen LogP) is 2.16. The van der Waals surface area contributed by atoms with Crippen LogP contribution in [0.2, 0.25) is 0 Å². The van der Waals surface area contributed by atoms with Crippen molar-refractivity contribution in [2.45, 2.75) is 0 Å². The highest BCUT2D eigenvalue weighted by Crippen LogP contribution is 2.25. The number of para-hydroxylation sites is 3. The van der Waals surface area contributed by atoms with Crippen LogP contribution in [-0.2, 0) is 9.59 Å². The zero-order valence-electron chi connectivity index (χ0n) is 12.4.